The average molecular weight is 319 g/mol. The number of aliphatic hydroxyl groups excluding tert-OH is 1. The van der Waals surface area contributed by atoms with Crippen LogP contribution in [0.3, 0.4) is 0 Å². The molecule has 1 atom stereocenters. The molecule has 2 amide bonds. The van der Waals surface area contributed by atoms with Crippen LogP contribution in [0.25, 0.3) is 0 Å². The third-order valence-electron chi connectivity index (χ3n) is 3.23. The monoisotopic (exact) mass is 318 g/mol. The van der Waals surface area contributed by atoms with Gasteiger partial charge in [0.05, 0.1) is 6.10 Å². The molecule has 3 N–H and O–H groups in total. The highest BCUT2D eigenvalue weighted by Gasteiger charge is 2.07. The number of carbonyl (C=O) groups excluding carboxylic acids is 1. The lowest BCUT2D eigenvalue weighted by Crippen LogP contribution is -2.36. The van der Waals surface area contributed by atoms with Gasteiger partial charge in [-0.15, -0.1) is 0 Å². The maximum Gasteiger partial charge on any atom is 0.315 e. The predicted octanol–water partition coefficient (Wildman–Crippen LogP) is 3.26. The molecule has 22 heavy (non-hydrogen) atoms. The first kappa shape index (κ1) is 16.3. The molecule has 0 aliphatic heterocycles. The Hall–Kier alpha value is -2.04. The lowest BCUT2D eigenvalue weighted by Gasteiger charge is -2.12. The zero-order valence-electron chi connectivity index (χ0n) is 12.1. The van der Waals surface area contributed by atoms with Crippen LogP contribution in [0.5, 0.6) is 0 Å². The first-order chi connectivity index (χ1) is 10.6. The Bertz CT molecular complexity index is 605. The zero-order chi connectivity index (χ0) is 15.8. The summed E-state index contributed by atoms with van der Waals surface area (Å²) in [5.41, 5.74) is 1.79. The SMILES string of the molecule is O=C(NCCC(O)c1ccccc1)NCc1cccc(Cl)c1. The van der Waals surface area contributed by atoms with Gasteiger partial charge >= 0.3 is 6.03 Å². The number of amides is 2. The molecular formula is C17H19ClN2O2. The maximum absolute atomic E-state index is 11.7. The highest BCUT2D eigenvalue weighted by atomic mass is 35.5. The summed E-state index contributed by atoms with van der Waals surface area (Å²) in [6.07, 6.45) is -0.108. The number of rotatable bonds is 6. The Balaban J connectivity index is 1.68. The minimum atomic E-state index is -0.575. The summed E-state index contributed by atoms with van der Waals surface area (Å²) < 4.78 is 0. The second-order valence-electron chi connectivity index (χ2n) is 4.95. The van der Waals surface area contributed by atoms with Gasteiger partial charge in [-0.2, -0.15) is 0 Å². The van der Waals surface area contributed by atoms with E-state index >= 15 is 0 Å². The van der Waals surface area contributed by atoms with Gasteiger partial charge < -0.3 is 15.7 Å². The fourth-order valence-corrected chi connectivity index (χ4v) is 2.27. The topological polar surface area (TPSA) is 61.4 Å². The van der Waals surface area contributed by atoms with Crippen LogP contribution in [0.4, 0.5) is 4.79 Å². The molecule has 1 unspecified atom stereocenters. The van der Waals surface area contributed by atoms with Crippen molar-refractivity contribution < 1.29 is 9.90 Å². The Morgan fingerprint density at radius 2 is 1.86 bits per heavy atom. The molecule has 0 saturated carbocycles. The molecule has 0 aromatic heterocycles. The fraction of sp³-hybridized carbons (Fsp3) is 0.235. The summed E-state index contributed by atoms with van der Waals surface area (Å²) in [5.74, 6) is 0. The van der Waals surface area contributed by atoms with Gasteiger partial charge in [0.25, 0.3) is 0 Å². The van der Waals surface area contributed by atoms with Gasteiger partial charge in [0, 0.05) is 18.1 Å². The van der Waals surface area contributed by atoms with Crippen LogP contribution in [-0.4, -0.2) is 17.7 Å². The summed E-state index contributed by atoms with van der Waals surface area (Å²) in [6, 6.07) is 16.5. The van der Waals surface area contributed by atoms with Crippen molar-refractivity contribution in [2.24, 2.45) is 0 Å². The Morgan fingerprint density at radius 3 is 2.59 bits per heavy atom. The molecule has 0 fully saturated rings. The number of urea groups is 1. The highest BCUT2D eigenvalue weighted by Crippen LogP contribution is 2.14. The van der Waals surface area contributed by atoms with E-state index in [9.17, 15) is 9.90 Å². The normalized spacial score (nSPS) is 11.7. The summed E-state index contributed by atoms with van der Waals surface area (Å²) >= 11 is 5.88. The molecule has 2 aromatic rings. The van der Waals surface area contributed by atoms with Crippen LogP contribution in [0, 0.1) is 0 Å². The van der Waals surface area contributed by atoms with Gasteiger partial charge in [-0.25, -0.2) is 4.79 Å². The largest absolute Gasteiger partial charge is 0.388 e. The van der Waals surface area contributed by atoms with Gasteiger partial charge in [0.1, 0.15) is 0 Å². The summed E-state index contributed by atoms with van der Waals surface area (Å²) in [7, 11) is 0. The number of benzene rings is 2. The average Bonchev–Trinajstić information content (AvgIpc) is 2.54. The molecular weight excluding hydrogens is 300 g/mol. The van der Waals surface area contributed by atoms with Crippen LogP contribution in [0.2, 0.25) is 5.02 Å². The van der Waals surface area contributed by atoms with E-state index in [1.807, 2.05) is 42.5 Å². The molecule has 0 aliphatic carbocycles. The van der Waals surface area contributed by atoms with Crippen molar-refractivity contribution in [3.05, 3.63) is 70.7 Å². The van der Waals surface area contributed by atoms with E-state index in [4.69, 9.17) is 11.6 Å². The number of hydrogen-bond donors (Lipinski definition) is 3. The Labute approximate surface area is 135 Å². The van der Waals surface area contributed by atoms with Gasteiger partial charge in [-0.05, 0) is 29.7 Å². The van der Waals surface area contributed by atoms with Crippen molar-refractivity contribution in [2.75, 3.05) is 6.54 Å². The lowest BCUT2D eigenvalue weighted by atomic mass is 10.1. The molecule has 116 valence electrons. The number of aliphatic hydroxyl groups is 1. The van der Waals surface area contributed by atoms with E-state index in [-0.39, 0.29) is 6.03 Å². The molecule has 0 radical (unpaired) electrons. The molecule has 0 bridgehead atoms. The maximum atomic E-state index is 11.7. The Morgan fingerprint density at radius 1 is 1.09 bits per heavy atom. The van der Waals surface area contributed by atoms with Crippen LogP contribution in [0.1, 0.15) is 23.7 Å². The second kappa shape index (κ2) is 8.41. The number of carbonyl (C=O) groups is 1. The van der Waals surface area contributed by atoms with Crippen molar-refractivity contribution in [3.8, 4) is 0 Å². The zero-order valence-corrected chi connectivity index (χ0v) is 12.9. The van der Waals surface area contributed by atoms with Gasteiger partial charge in [0.15, 0.2) is 0 Å². The van der Waals surface area contributed by atoms with E-state index in [1.165, 1.54) is 0 Å². The first-order valence-electron chi connectivity index (χ1n) is 7.14. The van der Waals surface area contributed by atoms with Crippen LogP contribution in [0.15, 0.2) is 54.6 Å². The van der Waals surface area contributed by atoms with Crippen LogP contribution in [-0.2, 0) is 6.54 Å². The molecule has 5 heteroatoms. The standard InChI is InChI=1S/C17H19ClN2O2/c18-15-8-4-5-13(11-15)12-20-17(22)19-10-9-16(21)14-6-2-1-3-7-14/h1-8,11,16,21H,9-10,12H2,(H2,19,20,22). The smallest absolute Gasteiger partial charge is 0.315 e. The summed E-state index contributed by atoms with van der Waals surface area (Å²) in [4.78, 5) is 11.7. The van der Waals surface area contributed by atoms with Gasteiger partial charge in [-0.3, -0.25) is 0 Å². The van der Waals surface area contributed by atoms with Crippen molar-refractivity contribution in [3.63, 3.8) is 0 Å². The molecule has 0 saturated heterocycles. The van der Waals surface area contributed by atoms with Crippen molar-refractivity contribution >= 4 is 17.6 Å². The van der Waals surface area contributed by atoms with E-state index in [2.05, 4.69) is 10.6 Å². The van der Waals surface area contributed by atoms with E-state index < -0.39 is 6.10 Å². The lowest BCUT2D eigenvalue weighted by molar-refractivity contribution is 0.167. The predicted molar refractivity (Wildman–Crippen MR) is 87.7 cm³/mol. The first-order valence-corrected chi connectivity index (χ1v) is 7.52. The minimum Gasteiger partial charge on any atom is -0.388 e. The van der Waals surface area contributed by atoms with Crippen LogP contribution >= 0.6 is 11.6 Å². The van der Waals surface area contributed by atoms with Gasteiger partial charge in [-0.1, -0.05) is 54.1 Å². The van der Waals surface area contributed by atoms with Gasteiger partial charge in [0.2, 0.25) is 0 Å². The van der Waals surface area contributed by atoms with E-state index in [1.54, 1.807) is 12.1 Å². The van der Waals surface area contributed by atoms with Crippen molar-refractivity contribution in [1.29, 1.82) is 0 Å². The number of hydrogen-bond acceptors (Lipinski definition) is 2. The molecule has 0 heterocycles. The third kappa shape index (κ3) is 5.39. The fourth-order valence-electron chi connectivity index (χ4n) is 2.06. The van der Waals surface area contributed by atoms with Crippen molar-refractivity contribution in [1.82, 2.24) is 10.6 Å². The minimum absolute atomic E-state index is 0.264. The third-order valence-corrected chi connectivity index (χ3v) is 3.46. The second-order valence-corrected chi connectivity index (χ2v) is 5.39. The van der Waals surface area contributed by atoms with Crippen molar-refractivity contribution in [2.45, 2.75) is 19.1 Å². The molecule has 4 nitrogen and oxygen atoms in total. The van der Waals surface area contributed by atoms with E-state index in [0.29, 0.717) is 24.5 Å². The quantitative estimate of drug-likeness (QED) is 0.765. The highest BCUT2D eigenvalue weighted by molar-refractivity contribution is 6.30. The summed E-state index contributed by atoms with van der Waals surface area (Å²) in [5, 5.41) is 16.1. The summed E-state index contributed by atoms with van der Waals surface area (Å²) in [6.45, 7) is 0.811. The van der Waals surface area contributed by atoms with Crippen LogP contribution < -0.4 is 10.6 Å². The molecule has 0 spiro atoms. The molecule has 2 aromatic carbocycles. The number of nitrogens with one attached hydrogen (secondary N) is 2. The van der Waals surface area contributed by atoms with E-state index in [0.717, 1.165) is 11.1 Å². The Kier molecular flexibility index (Phi) is 6.25. The molecule has 2 rings (SSSR count). The number of halogens is 1. The molecule has 0 aliphatic rings.